The van der Waals surface area contributed by atoms with E-state index in [1.54, 1.807) is 7.11 Å². The van der Waals surface area contributed by atoms with E-state index < -0.39 is 5.97 Å². The van der Waals surface area contributed by atoms with Crippen molar-refractivity contribution < 1.29 is 19.4 Å². The molecule has 17 heavy (non-hydrogen) atoms. The van der Waals surface area contributed by atoms with Gasteiger partial charge in [0.2, 0.25) is 0 Å². The van der Waals surface area contributed by atoms with Gasteiger partial charge in [0.15, 0.2) is 4.88 Å². The van der Waals surface area contributed by atoms with Gasteiger partial charge in [-0.2, -0.15) is 0 Å². The maximum Gasteiger partial charge on any atom is 0.349 e. The molecule has 0 atom stereocenters. The summed E-state index contributed by atoms with van der Waals surface area (Å²) in [7, 11) is 1.66. The van der Waals surface area contributed by atoms with E-state index in [0.29, 0.717) is 23.8 Å². The minimum absolute atomic E-state index is 0.300. The summed E-state index contributed by atoms with van der Waals surface area (Å²) >= 11 is 1.29. The Balaban J connectivity index is 2.51. The molecule has 0 aliphatic heterocycles. The summed E-state index contributed by atoms with van der Waals surface area (Å²) in [6.07, 6.45) is 2.62. The average Bonchev–Trinajstić information content (AvgIpc) is 2.72. The first kappa shape index (κ1) is 14.0. The standard InChI is InChI=1S/C12H18O4S/c1-3-9-8-10(11(17-9)12(13)14)16-7-5-4-6-15-2/h8H,3-7H2,1-2H3,(H,13,14). The Kier molecular flexibility index (Phi) is 6.00. The molecular formula is C12H18O4S. The number of hydrogen-bond acceptors (Lipinski definition) is 4. The zero-order valence-electron chi connectivity index (χ0n) is 10.2. The van der Waals surface area contributed by atoms with Crippen LogP contribution >= 0.6 is 11.3 Å². The van der Waals surface area contributed by atoms with Crippen LogP contribution in [0.15, 0.2) is 6.07 Å². The maximum absolute atomic E-state index is 11.0. The molecule has 0 bridgehead atoms. The lowest BCUT2D eigenvalue weighted by Gasteiger charge is -2.04. The van der Waals surface area contributed by atoms with Gasteiger partial charge in [-0.15, -0.1) is 11.3 Å². The molecule has 1 aromatic heterocycles. The normalized spacial score (nSPS) is 10.5. The van der Waals surface area contributed by atoms with E-state index in [4.69, 9.17) is 14.6 Å². The predicted molar refractivity (Wildman–Crippen MR) is 67.3 cm³/mol. The molecule has 1 aromatic rings. The number of hydrogen-bond donors (Lipinski definition) is 1. The molecular weight excluding hydrogens is 240 g/mol. The van der Waals surface area contributed by atoms with Gasteiger partial charge in [0.1, 0.15) is 5.75 Å². The zero-order chi connectivity index (χ0) is 12.7. The second kappa shape index (κ2) is 7.29. The first-order valence-corrected chi connectivity index (χ1v) is 6.48. The van der Waals surface area contributed by atoms with Gasteiger partial charge < -0.3 is 14.6 Å². The van der Waals surface area contributed by atoms with Crippen molar-refractivity contribution in [2.24, 2.45) is 0 Å². The molecule has 1 rings (SSSR count). The largest absolute Gasteiger partial charge is 0.492 e. The highest BCUT2D eigenvalue weighted by atomic mass is 32.1. The number of methoxy groups -OCH3 is 1. The van der Waals surface area contributed by atoms with Crippen LogP contribution in [-0.4, -0.2) is 31.4 Å². The molecule has 0 fully saturated rings. The van der Waals surface area contributed by atoms with Gasteiger partial charge in [-0.05, 0) is 25.3 Å². The molecule has 1 N–H and O–H groups in total. The SMILES string of the molecule is CCc1cc(OCCCCOC)c(C(=O)O)s1. The van der Waals surface area contributed by atoms with E-state index in [1.807, 2.05) is 13.0 Å². The van der Waals surface area contributed by atoms with Crippen LogP contribution in [0.25, 0.3) is 0 Å². The molecule has 0 aromatic carbocycles. The second-order valence-corrected chi connectivity index (χ2v) is 4.75. The number of carboxylic acid groups (broad SMARTS) is 1. The van der Waals surface area contributed by atoms with Gasteiger partial charge in [-0.25, -0.2) is 4.79 Å². The van der Waals surface area contributed by atoms with Crippen LogP contribution in [0.2, 0.25) is 0 Å². The molecule has 0 unspecified atom stereocenters. The fraction of sp³-hybridized carbons (Fsp3) is 0.583. The topological polar surface area (TPSA) is 55.8 Å². The third kappa shape index (κ3) is 4.36. The van der Waals surface area contributed by atoms with Crippen LogP contribution in [0.1, 0.15) is 34.3 Å². The molecule has 0 saturated heterocycles. The van der Waals surface area contributed by atoms with E-state index in [1.165, 1.54) is 11.3 Å². The summed E-state index contributed by atoms with van der Waals surface area (Å²) in [5.74, 6) is -0.418. The Labute approximate surface area is 105 Å². The number of carboxylic acids is 1. The Morgan fingerprint density at radius 2 is 2.12 bits per heavy atom. The van der Waals surface area contributed by atoms with E-state index in [2.05, 4.69) is 0 Å². The zero-order valence-corrected chi connectivity index (χ0v) is 11.0. The minimum atomic E-state index is -0.915. The van der Waals surface area contributed by atoms with Crippen LogP contribution in [0.4, 0.5) is 0 Å². The monoisotopic (exact) mass is 258 g/mol. The number of rotatable bonds is 8. The second-order valence-electron chi connectivity index (χ2n) is 3.61. The third-order valence-electron chi connectivity index (χ3n) is 2.29. The first-order valence-electron chi connectivity index (χ1n) is 5.66. The van der Waals surface area contributed by atoms with Crippen LogP contribution in [0, 0.1) is 0 Å². The van der Waals surface area contributed by atoms with Gasteiger partial charge in [0.05, 0.1) is 6.61 Å². The van der Waals surface area contributed by atoms with Gasteiger partial charge in [-0.1, -0.05) is 6.92 Å². The van der Waals surface area contributed by atoms with Crippen molar-refractivity contribution in [2.45, 2.75) is 26.2 Å². The molecule has 4 nitrogen and oxygen atoms in total. The quantitative estimate of drug-likeness (QED) is 0.728. The lowest BCUT2D eigenvalue weighted by Crippen LogP contribution is -2.02. The van der Waals surface area contributed by atoms with Crippen LogP contribution in [0.5, 0.6) is 5.75 Å². The molecule has 0 spiro atoms. The van der Waals surface area contributed by atoms with Crippen LogP contribution in [-0.2, 0) is 11.2 Å². The molecule has 0 amide bonds. The summed E-state index contributed by atoms with van der Waals surface area (Å²) in [4.78, 5) is 12.3. The van der Waals surface area contributed by atoms with Gasteiger partial charge in [-0.3, -0.25) is 0 Å². The fourth-order valence-electron chi connectivity index (χ4n) is 1.38. The lowest BCUT2D eigenvalue weighted by atomic mass is 10.3. The Hall–Kier alpha value is -1.07. The molecule has 0 aliphatic carbocycles. The minimum Gasteiger partial charge on any atom is -0.492 e. The summed E-state index contributed by atoms with van der Waals surface area (Å²) in [5, 5.41) is 9.03. The van der Waals surface area contributed by atoms with E-state index in [-0.39, 0.29) is 0 Å². The molecule has 0 saturated carbocycles. The molecule has 0 radical (unpaired) electrons. The highest BCUT2D eigenvalue weighted by Crippen LogP contribution is 2.29. The molecule has 1 heterocycles. The average molecular weight is 258 g/mol. The Morgan fingerprint density at radius 1 is 1.41 bits per heavy atom. The number of ether oxygens (including phenoxy) is 2. The Morgan fingerprint density at radius 3 is 2.71 bits per heavy atom. The van der Waals surface area contributed by atoms with Crippen molar-refractivity contribution >= 4 is 17.3 Å². The van der Waals surface area contributed by atoms with Crippen molar-refractivity contribution in [1.29, 1.82) is 0 Å². The van der Waals surface area contributed by atoms with Crippen LogP contribution < -0.4 is 4.74 Å². The fourth-order valence-corrected chi connectivity index (χ4v) is 2.26. The van der Waals surface area contributed by atoms with Crippen molar-refractivity contribution in [3.05, 3.63) is 15.8 Å². The number of thiophene rings is 1. The number of carbonyl (C=O) groups is 1. The highest BCUT2D eigenvalue weighted by Gasteiger charge is 2.15. The van der Waals surface area contributed by atoms with Crippen molar-refractivity contribution in [3.63, 3.8) is 0 Å². The summed E-state index contributed by atoms with van der Waals surface area (Å²) in [5.41, 5.74) is 0. The van der Waals surface area contributed by atoms with Crippen molar-refractivity contribution in [1.82, 2.24) is 0 Å². The first-order chi connectivity index (χ1) is 8.19. The van der Waals surface area contributed by atoms with Gasteiger partial charge >= 0.3 is 5.97 Å². The van der Waals surface area contributed by atoms with E-state index >= 15 is 0 Å². The highest BCUT2D eigenvalue weighted by molar-refractivity contribution is 7.14. The molecule has 5 heteroatoms. The Bertz CT molecular complexity index is 359. The number of aromatic carboxylic acids is 1. The van der Waals surface area contributed by atoms with E-state index in [9.17, 15) is 4.79 Å². The third-order valence-corrected chi connectivity index (χ3v) is 3.54. The predicted octanol–water partition coefficient (Wildman–Crippen LogP) is 2.81. The maximum atomic E-state index is 11.0. The summed E-state index contributed by atoms with van der Waals surface area (Å²) in [6.45, 7) is 3.24. The number of unbranched alkanes of at least 4 members (excludes halogenated alkanes) is 1. The molecule has 0 aliphatic rings. The van der Waals surface area contributed by atoms with Crippen molar-refractivity contribution in [3.8, 4) is 5.75 Å². The lowest BCUT2D eigenvalue weighted by molar-refractivity contribution is 0.0698. The molecule has 96 valence electrons. The summed E-state index contributed by atoms with van der Waals surface area (Å²) in [6, 6.07) is 1.82. The summed E-state index contributed by atoms with van der Waals surface area (Å²) < 4.78 is 10.4. The number of aryl methyl sites for hydroxylation is 1. The smallest absolute Gasteiger partial charge is 0.349 e. The van der Waals surface area contributed by atoms with Crippen molar-refractivity contribution in [2.75, 3.05) is 20.3 Å². The van der Waals surface area contributed by atoms with Crippen LogP contribution in [0.3, 0.4) is 0 Å². The van der Waals surface area contributed by atoms with Gasteiger partial charge in [0, 0.05) is 18.6 Å². The van der Waals surface area contributed by atoms with Gasteiger partial charge in [0.25, 0.3) is 0 Å². The van der Waals surface area contributed by atoms with E-state index in [0.717, 1.165) is 24.1 Å².